The lowest BCUT2D eigenvalue weighted by atomic mass is 9.69. The first-order valence-corrected chi connectivity index (χ1v) is 9.45. The number of likely N-dealkylation sites (tertiary alicyclic amines) is 1. The number of amides is 2. The van der Waals surface area contributed by atoms with E-state index < -0.39 is 0 Å². The fraction of sp³-hybridized carbons (Fsp3) is 0.895. The first-order valence-electron chi connectivity index (χ1n) is 9.45. The summed E-state index contributed by atoms with van der Waals surface area (Å²) < 4.78 is 0. The fourth-order valence-corrected chi connectivity index (χ4v) is 4.15. The Bertz CT molecular complexity index is 414. The Hall–Kier alpha value is -1.06. The zero-order chi connectivity index (χ0) is 16.9. The van der Waals surface area contributed by atoms with E-state index in [1.54, 1.807) is 4.90 Å². The normalized spacial score (nSPS) is 27.3. The van der Waals surface area contributed by atoms with Gasteiger partial charge in [-0.3, -0.25) is 9.59 Å². The van der Waals surface area contributed by atoms with Gasteiger partial charge in [0.15, 0.2) is 0 Å². The molecule has 0 aromatic carbocycles. The molecule has 4 heteroatoms. The molecule has 2 atom stereocenters. The Labute approximate surface area is 141 Å². The number of nitrogens with one attached hydrogen (secondary N) is 1. The Morgan fingerprint density at radius 3 is 2.52 bits per heavy atom. The third kappa shape index (κ3) is 5.50. The minimum absolute atomic E-state index is 0.0278. The summed E-state index contributed by atoms with van der Waals surface area (Å²) in [6.07, 6.45) is 9.61. The predicted molar refractivity (Wildman–Crippen MR) is 93.0 cm³/mol. The van der Waals surface area contributed by atoms with Crippen molar-refractivity contribution >= 4 is 11.8 Å². The maximum absolute atomic E-state index is 12.5. The number of rotatable bonds is 3. The van der Waals surface area contributed by atoms with Crippen LogP contribution in [0.2, 0.25) is 0 Å². The van der Waals surface area contributed by atoms with Crippen LogP contribution < -0.4 is 5.32 Å². The Morgan fingerprint density at radius 1 is 1.09 bits per heavy atom. The van der Waals surface area contributed by atoms with Gasteiger partial charge in [-0.15, -0.1) is 0 Å². The van der Waals surface area contributed by atoms with Crippen molar-refractivity contribution in [1.29, 1.82) is 0 Å². The van der Waals surface area contributed by atoms with Crippen LogP contribution in [0.25, 0.3) is 0 Å². The van der Waals surface area contributed by atoms with Crippen LogP contribution >= 0.6 is 0 Å². The first-order chi connectivity index (χ1) is 10.9. The van der Waals surface area contributed by atoms with Crippen molar-refractivity contribution < 1.29 is 9.59 Å². The number of carbonyl (C=O) groups is 2. The quantitative estimate of drug-likeness (QED) is 0.864. The lowest BCUT2D eigenvalue weighted by Gasteiger charge is -2.41. The SMILES string of the molecule is CC(C)(C)C1CCCCC1NC(=O)CN1CCCCCCC1=O. The number of nitrogens with zero attached hydrogens (tertiary/aromatic N) is 1. The molecule has 2 rings (SSSR count). The number of hydrogen-bond donors (Lipinski definition) is 1. The van der Waals surface area contributed by atoms with Crippen molar-refractivity contribution in [2.24, 2.45) is 11.3 Å². The molecule has 2 fully saturated rings. The van der Waals surface area contributed by atoms with Crippen LogP contribution in [-0.2, 0) is 9.59 Å². The molecule has 23 heavy (non-hydrogen) atoms. The third-order valence-corrected chi connectivity index (χ3v) is 5.48. The van der Waals surface area contributed by atoms with Crippen molar-refractivity contribution in [3.63, 3.8) is 0 Å². The zero-order valence-electron chi connectivity index (χ0n) is 15.2. The fourth-order valence-electron chi connectivity index (χ4n) is 4.15. The van der Waals surface area contributed by atoms with E-state index in [9.17, 15) is 9.59 Å². The van der Waals surface area contributed by atoms with Gasteiger partial charge in [0.2, 0.25) is 11.8 Å². The maximum Gasteiger partial charge on any atom is 0.239 e. The molecule has 132 valence electrons. The minimum Gasteiger partial charge on any atom is -0.352 e. The summed E-state index contributed by atoms with van der Waals surface area (Å²) in [5.74, 6) is 0.708. The largest absolute Gasteiger partial charge is 0.352 e. The van der Waals surface area contributed by atoms with E-state index in [2.05, 4.69) is 26.1 Å². The van der Waals surface area contributed by atoms with Gasteiger partial charge in [-0.2, -0.15) is 0 Å². The van der Waals surface area contributed by atoms with E-state index in [0.29, 0.717) is 12.3 Å². The zero-order valence-corrected chi connectivity index (χ0v) is 15.2. The molecule has 0 spiro atoms. The molecule has 1 saturated heterocycles. The van der Waals surface area contributed by atoms with Gasteiger partial charge < -0.3 is 10.2 Å². The lowest BCUT2D eigenvalue weighted by molar-refractivity contribution is -0.137. The highest BCUT2D eigenvalue weighted by molar-refractivity contribution is 5.85. The summed E-state index contributed by atoms with van der Waals surface area (Å²) in [4.78, 5) is 26.4. The molecule has 1 aliphatic heterocycles. The second kappa shape index (κ2) is 8.16. The van der Waals surface area contributed by atoms with Gasteiger partial charge in [-0.05, 0) is 37.0 Å². The van der Waals surface area contributed by atoms with Gasteiger partial charge in [-0.1, -0.05) is 46.5 Å². The van der Waals surface area contributed by atoms with Crippen molar-refractivity contribution in [3.05, 3.63) is 0 Å². The topological polar surface area (TPSA) is 49.4 Å². The summed E-state index contributed by atoms with van der Waals surface area (Å²) in [6, 6.07) is 0.265. The Balaban J connectivity index is 1.90. The molecule has 1 saturated carbocycles. The maximum atomic E-state index is 12.5. The van der Waals surface area contributed by atoms with Crippen LogP contribution in [0.5, 0.6) is 0 Å². The second-order valence-corrected chi connectivity index (χ2v) is 8.41. The smallest absolute Gasteiger partial charge is 0.239 e. The van der Waals surface area contributed by atoms with Crippen LogP contribution in [0.1, 0.15) is 78.6 Å². The molecule has 0 aromatic rings. The van der Waals surface area contributed by atoms with Gasteiger partial charge in [0.1, 0.15) is 0 Å². The molecule has 0 aromatic heterocycles. The van der Waals surface area contributed by atoms with Crippen LogP contribution in [0.15, 0.2) is 0 Å². The molecule has 0 bridgehead atoms. The molecule has 1 aliphatic carbocycles. The number of carbonyl (C=O) groups excluding carboxylic acids is 2. The summed E-state index contributed by atoms with van der Waals surface area (Å²) in [6.45, 7) is 7.78. The first kappa shape index (κ1) is 18.3. The molecule has 0 radical (unpaired) electrons. The molecule has 1 heterocycles. The summed E-state index contributed by atoms with van der Waals surface area (Å²) >= 11 is 0. The average molecular weight is 322 g/mol. The molecular formula is C19H34N2O2. The number of hydrogen-bond acceptors (Lipinski definition) is 2. The molecular weight excluding hydrogens is 288 g/mol. The highest BCUT2D eigenvalue weighted by atomic mass is 16.2. The van der Waals surface area contributed by atoms with E-state index in [1.807, 2.05) is 0 Å². The van der Waals surface area contributed by atoms with Gasteiger partial charge >= 0.3 is 0 Å². The molecule has 1 N–H and O–H groups in total. The van der Waals surface area contributed by atoms with Gasteiger partial charge in [-0.25, -0.2) is 0 Å². The molecule has 2 unspecified atom stereocenters. The average Bonchev–Trinajstić information content (AvgIpc) is 2.46. The second-order valence-electron chi connectivity index (χ2n) is 8.41. The van der Waals surface area contributed by atoms with Gasteiger partial charge in [0, 0.05) is 19.0 Å². The molecule has 2 aliphatic rings. The van der Waals surface area contributed by atoms with Gasteiger partial charge in [0.25, 0.3) is 0 Å². The van der Waals surface area contributed by atoms with Crippen molar-refractivity contribution in [2.45, 2.75) is 84.6 Å². The lowest BCUT2D eigenvalue weighted by Crippen LogP contribution is -2.50. The minimum atomic E-state index is 0.0278. The van der Waals surface area contributed by atoms with E-state index in [1.165, 1.54) is 25.7 Å². The Kier molecular flexibility index (Phi) is 6.49. The van der Waals surface area contributed by atoms with Crippen molar-refractivity contribution in [2.75, 3.05) is 13.1 Å². The third-order valence-electron chi connectivity index (χ3n) is 5.48. The monoisotopic (exact) mass is 322 g/mol. The Morgan fingerprint density at radius 2 is 1.78 bits per heavy atom. The molecule has 4 nitrogen and oxygen atoms in total. The van der Waals surface area contributed by atoms with Crippen LogP contribution in [0.4, 0.5) is 0 Å². The van der Waals surface area contributed by atoms with Crippen molar-refractivity contribution in [1.82, 2.24) is 10.2 Å². The summed E-state index contributed by atoms with van der Waals surface area (Å²) in [5.41, 5.74) is 0.217. The highest BCUT2D eigenvalue weighted by Gasteiger charge is 2.35. The van der Waals surface area contributed by atoms with E-state index in [-0.39, 0.29) is 29.8 Å². The standard InChI is InChI=1S/C19H34N2O2/c1-19(2,3)15-10-7-8-11-16(15)20-17(22)14-21-13-9-5-4-6-12-18(21)23/h15-16H,4-14H2,1-3H3,(H,20,22). The van der Waals surface area contributed by atoms with Gasteiger partial charge in [0.05, 0.1) is 6.54 Å². The molecule has 2 amide bonds. The van der Waals surface area contributed by atoms with E-state index in [4.69, 9.17) is 0 Å². The predicted octanol–water partition coefficient (Wildman–Crippen LogP) is 3.50. The van der Waals surface area contributed by atoms with Crippen LogP contribution in [0, 0.1) is 11.3 Å². The summed E-state index contributed by atoms with van der Waals surface area (Å²) in [7, 11) is 0. The van der Waals surface area contributed by atoms with Crippen LogP contribution in [0.3, 0.4) is 0 Å². The van der Waals surface area contributed by atoms with Crippen LogP contribution in [-0.4, -0.2) is 35.8 Å². The summed E-state index contributed by atoms with van der Waals surface area (Å²) in [5, 5.41) is 3.25. The van der Waals surface area contributed by atoms with E-state index in [0.717, 1.165) is 32.2 Å². The highest BCUT2D eigenvalue weighted by Crippen LogP contribution is 2.37. The van der Waals surface area contributed by atoms with Crippen molar-refractivity contribution in [3.8, 4) is 0 Å². The van der Waals surface area contributed by atoms with E-state index >= 15 is 0 Å².